The van der Waals surface area contributed by atoms with Crippen LogP contribution in [0.25, 0.3) is 5.82 Å². The summed E-state index contributed by atoms with van der Waals surface area (Å²) in [6.07, 6.45) is 0. The maximum absolute atomic E-state index is 12.5. The highest BCUT2D eigenvalue weighted by Gasteiger charge is 2.20. The fourth-order valence-corrected chi connectivity index (χ4v) is 3.18. The summed E-state index contributed by atoms with van der Waals surface area (Å²) in [6, 6.07) is 12.3. The Morgan fingerprint density at radius 1 is 1.09 bits per heavy atom. The highest BCUT2D eigenvalue weighted by molar-refractivity contribution is 6.33. The third-order valence-electron chi connectivity index (χ3n) is 4.72. The zero-order valence-electron chi connectivity index (χ0n) is 18.8. The van der Waals surface area contributed by atoms with Crippen molar-refractivity contribution in [2.24, 2.45) is 0 Å². The Kier molecular flexibility index (Phi) is 7.44. The summed E-state index contributed by atoms with van der Waals surface area (Å²) in [7, 11) is 1.44. The molecule has 172 valence electrons. The van der Waals surface area contributed by atoms with Gasteiger partial charge in [-0.05, 0) is 51.1 Å². The smallest absolute Gasteiger partial charge is 0.359 e. The first-order valence-electron chi connectivity index (χ1n) is 10.1. The monoisotopic (exact) mass is 469 g/mol. The van der Waals surface area contributed by atoms with Gasteiger partial charge >= 0.3 is 5.97 Å². The van der Waals surface area contributed by atoms with Gasteiger partial charge in [0.2, 0.25) is 5.91 Å². The number of amides is 2. The Hall–Kier alpha value is -3.72. The van der Waals surface area contributed by atoms with Gasteiger partial charge in [0.15, 0.2) is 18.1 Å². The molecule has 0 spiro atoms. The van der Waals surface area contributed by atoms with Crippen molar-refractivity contribution in [3.05, 3.63) is 70.1 Å². The van der Waals surface area contributed by atoms with E-state index in [0.29, 0.717) is 11.5 Å². The summed E-state index contributed by atoms with van der Waals surface area (Å²) in [5, 5.41) is 7.12. The maximum Gasteiger partial charge on any atom is 0.359 e. The number of rotatable bonds is 7. The van der Waals surface area contributed by atoms with Gasteiger partial charge in [0, 0.05) is 18.4 Å². The molecule has 0 radical (unpaired) electrons. The van der Waals surface area contributed by atoms with E-state index in [4.69, 9.17) is 16.3 Å². The molecule has 0 saturated carbocycles. The Labute approximate surface area is 196 Å². The largest absolute Gasteiger partial charge is 0.451 e. The first-order chi connectivity index (χ1) is 15.6. The number of hydrogen-bond acceptors (Lipinski definition) is 6. The van der Waals surface area contributed by atoms with Gasteiger partial charge in [-0.3, -0.25) is 9.59 Å². The number of aromatic nitrogens is 3. The summed E-state index contributed by atoms with van der Waals surface area (Å²) < 4.78 is 6.67. The van der Waals surface area contributed by atoms with Crippen molar-refractivity contribution in [3.63, 3.8) is 0 Å². The number of nitrogens with zero attached hydrogens (tertiary/aromatic N) is 4. The zero-order valence-corrected chi connectivity index (χ0v) is 19.5. The van der Waals surface area contributed by atoms with Gasteiger partial charge in [-0.1, -0.05) is 29.3 Å². The number of carbonyl (C=O) groups excluding carboxylic acids is 3. The fourth-order valence-electron chi connectivity index (χ4n) is 3.00. The van der Waals surface area contributed by atoms with E-state index in [1.807, 2.05) is 39.0 Å². The number of anilines is 1. The number of hydrogen-bond donors (Lipinski definition) is 1. The minimum atomic E-state index is -0.853. The molecule has 0 bridgehead atoms. The standard InChI is InChI=1S/C23H24ClN5O4/c1-14-5-7-17(8-6-14)25-20(30)12-28(4)21(31)13-33-23(32)22-18(24)9-10-19(26-22)29-16(3)11-15(2)27-29/h5-11H,12-13H2,1-4H3,(H,25,30). The number of nitrogens with one attached hydrogen (secondary N) is 1. The van der Waals surface area contributed by atoms with Crippen LogP contribution in [-0.4, -0.2) is 57.6 Å². The lowest BCUT2D eigenvalue weighted by molar-refractivity contribution is -0.136. The molecular weight excluding hydrogens is 446 g/mol. The number of esters is 1. The zero-order chi connectivity index (χ0) is 24.1. The van der Waals surface area contributed by atoms with Crippen molar-refractivity contribution < 1.29 is 19.1 Å². The SMILES string of the molecule is Cc1ccc(NC(=O)CN(C)C(=O)COC(=O)c2nc(-n3nc(C)cc3C)ccc2Cl)cc1. The van der Waals surface area contributed by atoms with E-state index in [-0.39, 0.29) is 23.2 Å². The minimum Gasteiger partial charge on any atom is -0.451 e. The van der Waals surface area contributed by atoms with E-state index in [1.54, 1.807) is 22.9 Å². The molecule has 2 aromatic heterocycles. The highest BCUT2D eigenvalue weighted by atomic mass is 35.5. The van der Waals surface area contributed by atoms with Crippen molar-refractivity contribution in [2.45, 2.75) is 20.8 Å². The number of carbonyl (C=O) groups is 3. The second-order valence-electron chi connectivity index (χ2n) is 7.58. The summed E-state index contributed by atoms with van der Waals surface area (Å²) in [4.78, 5) is 42.4. The van der Waals surface area contributed by atoms with Crippen LogP contribution >= 0.6 is 11.6 Å². The molecule has 0 saturated heterocycles. The van der Waals surface area contributed by atoms with Crippen LogP contribution < -0.4 is 5.32 Å². The summed E-state index contributed by atoms with van der Waals surface area (Å²) >= 11 is 6.12. The third-order valence-corrected chi connectivity index (χ3v) is 5.02. The van der Waals surface area contributed by atoms with Crippen molar-refractivity contribution in [1.29, 1.82) is 0 Å². The van der Waals surface area contributed by atoms with E-state index < -0.39 is 18.5 Å². The number of pyridine rings is 1. The average Bonchev–Trinajstić information content (AvgIpc) is 3.11. The molecule has 0 aliphatic heterocycles. The lowest BCUT2D eigenvalue weighted by Gasteiger charge is -2.17. The van der Waals surface area contributed by atoms with E-state index in [1.165, 1.54) is 13.1 Å². The van der Waals surface area contributed by atoms with E-state index >= 15 is 0 Å². The van der Waals surface area contributed by atoms with Gasteiger partial charge in [-0.15, -0.1) is 0 Å². The molecule has 33 heavy (non-hydrogen) atoms. The Morgan fingerprint density at radius 2 is 1.79 bits per heavy atom. The molecule has 1 aromatic carbocycles. The van der Waals surface area contributed by atoms with Crippen LogP contribution in [0.15, 0.2) is 42.5 Å². The van der Waals surface area contributed by atoms with Gasteiger partial charge in [0.05, 0.1) is 17.3 Å². The topological polar surface area (TPSA) is 106 Å². The lowest BCUT2D eigenvalue weighted by Crippen LogP contribution is -2.37. The predicted molar refractivity (Wildman–Crippen MR) is 124 cm³/mol. The number of halogens is 1. The molecule has 0 aliphatic rings. The quantitative estimate of drug-likeness (QED) is 0.533. The molecule has 0 aliphatic carbocycles. The predicted octanol–water partition coefficient (Wildman–Crippen LogP) is 3.10. The highest BCUT2D eigenvalue weighted by Crippen LogP contribution is 2.18. The molecule has 1 N–H and O–H groups in total. The van der Waals surface area contributed by atoms with Crippen LogP contribution in [0, 0.1) is 20.8 Å². The first kappa shape index (κ1) is 23.9. The maximum atomic E-state index is 12.5. The Bertz CT molecular complexity index is 1190. The number of ether oxygens (including phenoxy) is 1. The molecule has 9 nitrogen and oxygen atoms in total. The van der Waals surface area contributed by atoms with E-state index in [0.717, 1.165) is 21.9 Å². The summed E-state index contributed by atoms with van der Waals surface area (Å²) in [5.41, 5.74) is 3.20. The fraction of sp³-hybridized carbons (Fsp3) is 0.261. The molecular formula is C23H24ClN5O4. The van der Waals surface area contributed by atoms with E-state index in [9.17, 15) is 14.4 Å². The molecule has 0 unspecified atom stereocenters. The number of likely N-dealkylation sites (N-methyl/N-ethyl adjacent to an activating group) is 1. The second kappa shape index (κ2) is 10.3. The summed E-state index contributed by atoms with van der Waals surface area (Å²) in [5.74, 6) is -1.38. The van der Waals surface area contributed by atoms with Gasteiger partial charge in [0.1, 0.15) is 0 Å². The normalized spacial score (nSPS) is 10.6. The van der Waals surface area contributed by atoms with Gasteiger partial charge in [-0.25, -0.2) is 14.5 Å². The molecule has 3 aromatic rings. The summed E-state index contributed by atoms with van der Waals surface area (Å²) in [6.45, 7) is 4.89. The van der Waals surface area contributed by atoms with Gasteiger partial charge in [-0.2, -0.15) is 5.10 Å². The molecule has 2 heterocycles. The third kappa shape index (κ3) is 6.17. The van der Waals surface area contributed by atoms with Gasteiger partial charge in [0.25, 0.3) is 5.91 Å². The molecule has 0 atom stereocenters. The van der Waals surface area contributed by atoms with E-state index in [2.05, 4.69) is 15.4 Å². The van der Waals surface area contributed by atoms with Crippen molar-refractivity contribution in [3.8, 4) is 5.82 Å². The van der Waals surface area contributed by atoms with Crippen molar-refractivity contribution in [2.75, 3.05) is 25.5 Å². The molecule has 3 rings (SSSR count). The second-order valence-corrected chi connectivity index (χ2v) is 7.99. The minimum absolute atomic E-state index is 0.0866. The Morgan fingerprint density at radius 3 is 2.42 bits per heavy atom. The van der Waals surface area contributed by atoms with Crippen molar-refractivity contribution in [1.82, 2.24) is 19.7 Å². The van der Waals surface area contributed by atoms with Gasteiger partial charge < -0.3 is 15.0 Å². The van der Waals surface area contributed by atoms with Crippen LogP contribution in [-0.2, 0) is 14.3 Å². The molecule has 0 fully saturated rings. The van der Waals surface area contributed by atoms with Crippen molar-refractivity contribution >= 4 is 35.1 Å². The Balaban J connectivity index is 1.57. The van der Waals surface area contributed by atoms with Crippen LogP contribution in [0.1, 0.15) is 27.4 Å². The van der Waals surface area contributed by atoms with Crippen LogP contribution in [0.2, 0.25) is 5.02 Å². The number of benzene rings is 1. The average molecular weight is 470 g/mol. The van der Waals surface area contributed by atoms with Crippen LogP contribution in [0.5, 0.6) is 0 Å². The number of aryl methyl sites for hydroxylation is 3. The van der Waals surface area contributed by atoms with Crippen LogP contribution in [0.3, 0.4) is 0 Å². The molecule has 10 heteroatoms. The lowest BCUT2D eigenvalue weighted by atomic mass is 10.2. The molecule has 2 amide bonds. The van der Waals surface area contributed by atoms with Crippen LogP contribution in [0.4, 0.5) is 5.69 Å². The first-order valence-corrected chi connectivity index (χ1v) is 10.5.